The van der Waals surface area contributed by atoms with Gasteiger partial charge in [-0.15, -0.1) is 0 Å². The molecule has 0 radical (unpaired) electrons. The van der Waals surface area contributed by atoms with Gasteiger partial charge in [0.15, 0.2) is 0 Å². The number of carbonyl (C=O) groups excluding carboxylic acids is 1. The van der Waals surface area contributed by atoms with Crippen molar-refractivity contribution in [2.45, 2.75) is 26.3 Å². The van der Waals surface area contributed by atoms with Gasteiger partial charge in [0.25, 0.3) is 5.91 Å². The van der Waals surface area contributed by atoms with Gasteiger partial charge in [-0.25, -0.2) is 0 Å². The van der Waals surface area contributed by atoms with Crippen LogP contribution < -0.4 is 15.4 Å². The number of ether oxygens (including phenoxy) is 1. The van der Waals surface area contributed by atoms with Crippen LogP contribution in [0.1, 0.15) is 30.6 Å². The predicted molar refractivity (Wildman–Crippen MR) is 150 cm³/mol. The zero-order valence-electron chi connectivity index (χ0n) is 21.0. The average molecular weight is 555 g/mol. The van der Waals surface area contributed by atoms with Crippen molar-refractivity contribution in [3.05, 3.63) is 82.3 Å². The third kappa shape index (κ3) is 6.79. The Hall–Kier alpha value is -3.68. The van der Waals surface area contributed by atoms with E-state index < -0.39 is 5.97 Å². The molecule has 4 rings (SSSR count). The van der Waals surface area contributed by atoms with Crippen molar-refractivity contribution in [1.82, 2.24) is 5.32 Å². The van der Waals surface area contributed by atoms with Crippen LogP contribution >= 0.6 is 23.2 Å². The van der Waals surface area contributed by atoms with E-state index in [-0.39, 0.29) is 30.8 Å². The number of fused-ring (bicyclic) bond motifs is 1. The molecule has 1 heterocycles. The number of rotatable bonds is 11. The second-order valence-electron chi connectivity index (χ2n) is 9.19. The maximum atomic E-state index is 12.2. The van der Waals surface area contributed by atoms with Gasteiger partial charge < -0.3 is 24.9 Å². The van der Waals surface area contributed by atoms with Gasteiger partial charge in [-0.3, -0.25) is 9.59 Å². The molecule has 9 heteroatoms. The minimum absolute atomic E-state index is 0.0601. The summed E-state index contributed by atoms with van der Waals surface area (Å²) in [6, 6.07) is 20.0. The molecule has 1 atom stereocenters. The summed E-state index contributed by atoms with van der Waals surface area (Å²) in [4.78, 5) is 22.8. The lowest BCUT2D eigenvalue weighted by molar-refractivity contribution is -0.136. The minimum Gasteiger partial charge on any atom is -0.490 e. The van der Waals surface area contributed by atoms with Crippen LogP contribution in [0.15, 0.2) is 71.1 Å². The third-order valence-corrected chi connectivity index (χ3v) is 6.67. The molecule has 7 nitrogen and oxygen atoms in total. The number of carboxylic acids is 1. The largest absolute Gasteiger partial charge is 0.490 e. The standard InChI is InChI=1S/C29H28Cl2N2O5/c1-17(2)24(33-20-9-7-18(8-10-20)29(36)32-12-11-28(34)35)16-37-27-15-22(30)21(14-23(27)31)26-13-19-5-3-4-6-25(19)38-26/h3-10,13-15,17,24,33H,11-12,16H2,1-2H3,(H,32,36)(H,34,35)/t24-/m1/s1. The van der Waals surface area contributed by atoms with E-state index >= 15 is 0 Å². The average Bonchev–Trinajstić information content (AvgIpc) is 3.32. The highest BCUT2D eigenvalue weighted by Gasteiger charge is 2.18. The molecule has 38 heavy (non-hydrogen) atoms. The number of halogens is 2. The first-order chi connectivity index (χ1) is 18.2. The van der Waals surface area contributed by atoms with Crippen molar-refractivity contribution in [2.24, 2.45) is 5.92 Å². The van der Waals surface area contributed by atoms with Gasteiger partial charge in [-0.1, -0.05) is 55.2 Å². The SMILES string of the molecule is CC(C)[C@@H](COc1cc(Cl)c(-c2cc3ccccc3o2)cc1Cl)Nc1ccc(C(=O)NCCC(=O)O)cc1. The zero-order chi connectivity index (χ0) is 27.2. The number of hydrogen-bond acceptors (Lipinski definition) is 5. The molecule has 3 aromatic carbocycles. The number of anilines is 1. The Kier molecular flexibility index (Phi) is 8.81. The van der Waals surface area contributed by atoms with Gasteiger partial charge in [0.1, 0.15) is 23.7 Å². The van der Waals surface area contributed by atoms with Gasteiger partial charge >= 0.3 is 5.97 Å². The molecule has 4 aromatic rings. The molecule has 0 bridgehead atoms. The highest BCUT2D eigenvalue weighted by atomic mass is 35.5. The molecule has 0 fully saturated rings. The van der Waals surface area contributed by atoms with Gasteiger partial charge in [-0.2, -0.15) is 0 Å². The number of hydrogen-bond donors (Lipinski definition) is 3. The number of carboxylic acid groups (broad SMARTS) is 1. The van der Waals surface area contributed by atoms with Gasteiger partial charge in [0.2, 0.25) is 0 Å². The molecule has 0 aliphatic rings. The monoisotopic (exact) mass is 554 g/mol. The van der Waals surface area contributed by atoms with Crippen LogP contribution in [-0.2, 0) is 4.79 Å². The summed E-state index contributed by atoms with van der Waals surface area (Å²) in [6.07, 6.45) is -0.126. The van der Waals surface area contributed by atoms with Crippen molar-refractivity contribution in [2.75, 3.05) is 18.5 Å². The van der Waals surface area contributed by atoms with E-state index in [1.807, 2.05) is 30.3 Å². The zero-order valence-corrected chi connectivity index (χ0v) is 22.5. The summed E-state index contributed by atoms with van der Waals surface area (Å²) in [5, 5.41) is 16.6. The summed E-state index contributed by atoms with van der Waals surface area (Å²) in [5.41, 5.74) is 2.72. The smallest absolute Gasteiger partial charge is 0.305 e. The first-order valence-electron chi connectivity index (χ1n) is 12.2. The fraction of sp³-hybridized carbons (Fsp3) is 0.241. The van der Waals surface area contributed by atoms with E-state index in [4.69, 9.17) is 37.5 Å². The lowest BCUT2D eigenvalue weighted by Crippen LogP contribution is -2.32. The number of carbonyl (C=O) groups is 2. The highest BCUT2D eigenvalue weighted by Crippen LogP contribution is 2.39. The lowest BCUT2D eigenvalue weighted by Gasteiger charge is -2.24. The van der Waals surface area contributed by atoms with E-state index in [1.54, 1.807) is 36.4 Å². The van der Waals surface area contributed by atoms with Crippen molar-refractivity contribution in [3.8, 4) is 17.1 Å². The molecule has 0 unspecified atom stereocenters. The van der Waals surface area contributed by atoms with Crippen molar-refractivity contribution >= 4 is 51.7 Å². The first-order valence-corrected chi connectivity index (χ1v) is 12.9. The maximum absolute atomic E-state index is 12.2. The lowest BCUT2D eigenvalue weighted by atomic mass is 10.0. The Morgan fingerprint density at radius 1 is 1.00 bits per heavy atom. The Labute approximate surface area is 230 Å². The second-order valence-corrected chi connectivity index (χ2v) is 10.0. The Bertz CT molecular complexity index is 1400. The van der Waals surface area contributed by atoms with Crippen LogP contribution in [0.25, 0.3) is 22.3 Å². The molecule has 3 N–H and O–H groups in total. The molecule has 198 valence electrons. The minimum atomic E-state index is -0.961. The molecule has 1 amide bonds. The quantitative estimate of drug-likeness (QED) is 0.182. The fourth-order valence-electron chi connectivity index (χ4n) is 3.84. The number of nitrogens with one attached hydrogen (secondary N) is 2. The Morgan fingerprint density at radius 3 is 2.42 bits per heavy atom. The van der Waals surface area contributed by atoms with Gasteiger partial charge in [0.05, 0.1) is 22.5 Å². The Balaban J connectivity index is 1.40. The topological polar surface area (TPSA) is 101 Å². The number of amides is 1. The summed E-state index contributed by atoms with van der Waals surface area (Å²) < 4.78 is 12.0. The predicted octanol–water partition coefficient (Wildman–Crippen LogP) is 7.13. The number of para-hydroxylation sites is 1. The summed E-state index contributed by atoms with van der Waals surface area (Å²) >= 11 is 13.1. The van der Waals surface area contributed by atoms with E-state index in [9.17, 15) is 9.59 Å². The normalized spacial score (nSPS) is 11.9. The van der Waals surface area contributed by atoms with E-state index in [0.717, 1.165) is 16.7 Å². The number of aliphatic carboxylic acids is 1. The molecule has 0 saturated carbocycles. The summed E-state index contributed by atoms with van der Waals surface area (Å²) in [5.74, 6) is 0.0393. The van der Waals surface area contributed by atoms with Crippen LogP contribution in [0.2, 0.25) is 10.0 Å². The molecule has 0 aliphatic carbocycles. The van der Waals surface area contributed by atoms with Crippen LogP contribution in [0.3, 0.4) is 0 Å². The van der Waals surface area contributed by atoms with Crippen LogP contribution in [0.4, 0.5) is 5.69 Å². The van der Waals surface area contributed by atoms with Gasteiger partial charge in [0, 0.05) is 34.8 Å². The van der Waals surface area contributed by atoms with Crippen LogP contribution in [-0.4, -0.2) is 36.2 Å². The fourth-order valence-corrected chi connectivity index (χ4v) is 4.30. The first kappa shape index (κ1) is 27.4. The maximum Gasteiger partial charge on any atom is 0.305 e. The molecular formula is C29H28Cl2N2O5. The molecule has 1 aromatic heterocycles. The molecule has 0 aliphatic heterocycles. The van der Waals surface area contributed by atoms with E-state index in [2.05, 4.69) is 24.5 Å². The van der Waals surface area contributed by atoms with E-state index in [0.29, 0.717) is 39.3 Å². The molecule has 0 saturated heterocycles. The van der Waals surface area contributed by atoms with Crippen LogP contribution in [0, 0.1) is 5.92 Å². The Morgan fingerprint density at radius 2 is 1.74 bits per heavy atom. The second kappa shape index (κ2) is 12.2. The highest BCUT2D eigenvalue weighted by molar-refractivity contribution is 6.36. The third-order valence-electron chi connectivity index (χ3n) is 6.06. The van der Waals surface area contributed by atoms with Crippen molar-refractivity contribution in [3.63, 3.8) is 0 Å². The van der Waals surface area contributed by atoms with E-state index in [1.165, 1.54) is 0 Å². The number of benzene rings is 3. The van der Waals surface area contributed by atoms with Crippen molar-refractivity contribution in [1.29, 1.82) is 0 Å². The summed E-state index contributed by atoms with van der Waals surface area (Å²) in [6.45, 7) is 4.55. The van der Waals surface area contributed by atoms with Gasteiger partial charge in [-0.05, 0) is 48.4 Å². The van der Waals surface area contributed by atoms with Crippen molar-refractivity contribution < 1.29 is 23.8 Å². The molecule has 0 spiro atoms. The summed E-state index contributed by atoms with van der Waals surface area (Å²) in [7, 11) is 0. The number of furan rings is 1. The molecular weight excluding hydrogens is 527 g/mol. The van der Waals surface area contributed by atoms with Crippen LogP contribution in [0.5, 0.6) is 5.75 Å².